The maximum Gasteiger partial charge on any atom is 0.207 e. The standard InChI is InChI=1S/C32H30FN3O4.ClH/c1-32(19-38-20-32)36-26-14-13-23(34)15-25(26)35-31(36)24-16-27(37-2)29(39-17-21-9-5-3-6-10-21)30(28(24)33)40-18-22-11-7-4-8-12-22;/h3-16H,17-20,34H2,1-2H3;1H. The molecule has 0 aliphatic carbocycles. The van der Waals surface area contributed by atoms with Crippen LogP contribution in [0.4, 0.5) is 10.1 Å². The maximum atomic E-state index is 16.7. The normalized spacial score (nSPS) is 13.7. The van der Waals surface area contributed by atoms with Crippen molar-refractivity contribution in [2.75, 3.05) is 26.1 Å². The molecule has 212 valence electrons. The van der Waals surface area contributed by atoms with Gasteiger partial charge in [0.1, 0.15) is 19.0 Å². The van der Waals surface area contributed by atoms with Crippen molar-refractivity contribution >= 4 is 29.1 Å². The quantitative estimate of drug-likeness (QED) is 0.196. The highest BCUT2D eigenvalue weighted by Crippen LogP contribution is 2.47. The molecule has 1 fully saturated rings. The fourth-order valence-corrected chi connectivity index (χ4v) is 4.98. The van der Waals surface area contributed by atoms with Crippen molar-refractivity contribution in [2.24, 2.45) is 0 Å². The molecule has 7 nitrogen and oxygen atoms in total. The van der Waals surface area contributed by atoms with Crippen LogP contribution >= 0.6 is 12.4 Å². The molecule has 0 saturated carbocycles. The predicted octanol–water partition coefficient (Wildman–Crippen LogP) is 6.76. The van der Waals surface area contributed by atoms with Crippen molar-refractivity contribution < 1.29 is 23.3 Å². The summed E-state index contributed by atoms with van der Waals surface area (Å²) in [5.74, 6) is 0.328. The molecule has 0 spiro atoms. The molecule has 1 aliphatic rings. The summed E-state index contributed by atoms with van der Waals surface area (Å²) in [5.41, 5.74) is 9.79. The van der Waals surface area contributed by atoms with Crippen LogP contribution in [-0.4, -0.2) is 29.9 Å². The molecule has 0 amide bonds. The highest BCUT2D eigenvalue weighted by Gasteiger charge is 2.39. The van der Waals surface area contributed by atoms with Gasteiger partial charge < -0.3 is 29.2 Å². The van der Waals surface area contributed by atoms with Crippen LogP contribution < -0.4 is 19.9 Å². The Bertz CT molecular complexity index is 1660. The van der Waals surface area contributed by atoms with Gasteiger partial charge in [0.25, 0.3) is 0 Å². The van der Waals surface area contributed by atoms with E-state index in [1.54, 1.807) is 12.1 Å². The van der Waals surface area contributed by atoms with Crippen molar-refractivity contribution in [3.05, 3.63) is 102 Å². The summed E-state index contributed by atoms with van der Waals surface area (Å²) in [7, 11) is 1.53. The van der Waals surface area contributed by atoms with E-state index < -0.39 is 11.4 Å². The van der Waals surface area contributed by atoms with Crippen LogP contribution in [0.15, 0.2) is 84.9 Å². The van der Waals surface area contributed by atoms with Crippen LogP contribution in [0.5, 0.6) is 17.2 Å². The number of hydrogen-bond acceptors (Lipinski definition) is 6. The van der Waals surface area contributed by atoms with Gasteiger partial charge in [-0.3, -0.25) is 0 Å². The zero-order valence-electron chi connectivity index (χ0n) is 22.8. The third kappa shape index (κ3) is 5.40. The van der Waals surface area contributed by atoms with E-state index in [1.165, 1.54) is 7.11 Å². The highest BCUT2D eigenvalue weighted by atomic mass is 35.5. The molecule has 1 saturated heterocycles. The minimum absolute atomic E-state index is 0. The molecule has 0 unspecified atom stereocenters. The van der Waals surface area contributed by atoms with Gasteiger partial charge in [0.15, 0.2) is 11.6 Å². The van der Waals surface area contributed by atoms with E-state index in [0.717, 1.165) is 16.6 Å². The Morgan fingerprint density at radius 1 is 0.902 bits per heavy atom. The second-order valence-electron chi connectivity index (χ2n) is 10.2. The number of imidazole rings is 1. The Morgan fingerprint density at radius 3 is 2.07 bits per heavy atom. The Morgan fingerprint density at radius 2 is 1.51 bits per heavy atom. The average Bonchev–Trinajstić information content (AvgIpc) is 3.34. The summed E-state index contributed by atoms with van der Waals surface area (Å²) in [6.45, 7) is 3.38. The number of methoxy groups -OCH3 is 1. The zero-order chi connectivity index (χ0) is 27.7. The number of nitrogens with zero attached hydrogens (tertiary/aromatic N) is 2. The largest absolute Gasteiger partial charge is 0.493 e. The first-order chi connectivity index (χ1) is 19.5. The monoisotopic (exact) mass is 575 g/mol. The van der Waals surface area contributed by atoms with Gasteiger partial charge in [0.2, 0.25) is 11.5 Å². The number of fused-ring (bicyclic) bond motifs is 1. The number of rotatable bonds is 9. The number of nitrogen functional groups attached to an aromatic ring is 1. The number of hydrogen-bond donors (Lipinski definition) is 1. The molecule has 0 bridgehead atoms. The lowest BCUT2D eigenvalue weighted by atomic mass is 9.98. The molecule has 5 aromatic rings. The lowest BCUT2D eigenvalue weighted by molar-refractivity contribution is -0.0868. The molecule has 2 heterocycles. The zero-order valence-corrected chi connectivity index (χ0v) is 23.6. The summed E-state index contributed by atoms with van der Waals surface area (Å²) >= 11 is 0. The van der Waals surface area contributed by atoms with Crippen LogP contribution in [0.3, 0.4) is 0 Å². The van der Waals surface area contributed by atoms with Gasteiger partial charge in [-0.2, -0.15) is 0 Å². The first kappa shape index (κ1) is 28.3. The van der Waals surface area contributed by atoms with Crippen molar-refractivity contribution in [2.45, 2.75) is 25.7 Å². The molecule has 6 rings (SSSR count). The number of anilines is 1. The van der Waals surface area contributed by atoms with Crippen LogP contribution in [-0.2, 0) is 23.5 Å². The first-order valence-corrected chi connectivity index (χ1v) is 13.1. The summed E-state index contributed by atoms with van der Waals surface area (Å²) in [4.78, 5) is 4.85. The Labute approximate surface area is 244 Å². The van der Waals surface area contributed by atoms with Gasteiger partial charge in [0, 0.05) is 5.69 Å². The van der Waals surface area contributed by atoms with Gasteiger partial charge >= 0.3 is 0 Å². The average molecular weight is 576 g/mol. The predicted molar refractivity (Wildman–Crippen MR) is 159 cm³/mol. The summed E-state index contributed by atoms with van der Waals surface area (Å²) < 4.78 is 42.3. The molecule has 1 aromatic heterocycles. The molecule has 2 N–H and O–H groups in total. The van der Waals surface area contributed by atoms with Crippen molar-refractivity contribution in [1.29, 1.82) is 0 Å². The van der Waals surface area contributed by atoms with E-state index in [-0.39, 0.29) is 42.7 Å². The first-order valence-electron chi connectivity index (χ1n) is 13.1. The minimum atomic E-state index is -0.590. The summed E-state index contributed by atoms with van der Waals surface area (Å²) in [5, 5.41) is 0. The van der Waals surface area contributed by atoms with E-state index in [4.69, 9.17) is 29.7 Å². The van der Waals surface area contributed by atoms with Gasteiger partial charge in [-0.15, -0.1) is 12.4 Å². The number of nitrogens with two attached hydrogens (primary N) is 1. The lowest BCUT2D eigenvalue weighted by Crippen LogP contribution is -2.49. The Kier molecular flexibility index (Phi) is 8.06. The molecule has 41 heavy (non-hydrogen) atoms. The summed E-state index contributed by atoms with van der Waals surface area (Å²) in [6, 6.07) is 26.4. The topological polar surface area (TPSA) is 80.8 Å². The molecule has 4 aromatic carbocycles. The van der Waals surface area contributed by atoms with Crippen molar-refractivity contribution in [1.82, 2.24) is 9.55 Å². The fourth-order valence-electron chi connectivity index (χ4n) is 4.98. The van der Waals surface area contributed by atoms with Crippen LogP contribution in [0.2, 0.25) is 0 Å². The lowest BCUT2D eigenvalue weighted by Gasteiger charge is -2.40. The van der Waals surface area contributed by atoms with Gasteiger partial charge in [-0.25, -0.2) is 9.37 Å². The fraction of sp³-hybridized carbons (Fsp3) is 0.219. The summed E-state index contributed by atoms with van der Waals surface area (Å²) in [6.07, 6.45) is 0. The van der Waals surface area contributed by atoms with E-state index in [9.17, 15) is 0 Å². The third-order valence-electron chi connectivity index (χ3n) is 7.10. The Hall–Kier alpha value is -4.27. The molecule has 0 atom stereocenters. The number of halogens is 2. The molecule has 9 heteroatoms. The van der Waals surface area contributed by atoms with E-state index in [2.05, 4.69) is 6.92 Å². The van der Waals surface area contributed by atoms with Crippen molar-refractivity contribution in [3.8, 4) is 28.6 Å². The third-order valence-corrected chi connectivity index (χ3v) is 7.10. The van der Waals surface area contributed by atoms with Crippen molar-refractivity contribution in [3.63, 3.8) is 0 Å². The van der Waals surface area contributed by atoms with Crippen LogP contribution in [0, 0.1) is 5.82 Å². The highest BCUT2D eigenvalue weighted by molar-refractivity contribution is 5.85. The second-order valence-corrected chi connectivity index (χ2v) is 10.2. The molecular weight excluding hydrogens is 545 g/mol. The number of ether oxygens (including phenoxy) is 4. The second kappa shape index (κ2) is 11.7. The number of aromatic nitrogens is 2. The van der Waals surface area contributed by atoms with Gasteiger partial charge in [-0.1, -0.05) is 60.7 Å². The minimum Gasteiger partial charge on any atom is -0.493 e. The van der Waals surface area contributed by atoms with Gasteiger partial charge in [0.05, 0.1) is 42.5 Å². The van der Waals surface area contributed by atoms with E-state index >= 15 is 4.39 Å². The molecule has 0 radical (unpaired) electrons. The number of benzene rings is 4. The van der Waals surface area contributed by atoms with Crippen LogP contribution in [0.25, 0.3) is 22.4 Å². The van der Waals surface area contributed by atoms with Crippen LogP contribution in [0.1, 0.15) is 18.1 Å². The molecular formula is C32H31ClFN3O4. The van der Waals surface area contributed by atoms with E-state index in [0.29, 0.717) is 36.0 Å². The van der Waals surface area contributed by atoms with E-state index in [1.807, 2.05) is 77.4 Å². The smallest absolute Gasteiger partial charge is 0.207 e. The SMILES string of the molecule is COc1cc(-c2nc3cc(N)ccc3n2C2(C)COC2)c(F)c(OCc2ccccc2)c1OCc1ccccc1.Cl. The maximum absolute atomic E-state index is 16.7. The van der Waals surface area contributed by atoms with Gasteiger partial charge in [-0.05, 0) is 42.3 Å². The Balaban J connectivity index is 0.00000337. The molecule has 1 aliphatic heterocycles.